The number of anilines is 1. The molecule has 0 spiro atoms. The van der Waals surface area contributed by atoms with Crippen LogP contribution in [0.5, 0.6) is 0 Å². The molecule has 0 aromatic heterocycles. The summed E-state index contributed by atoms with van der Waals surface area (Å²) in [6.07, 6.45) is 2.17. The van der Waals surface area contributed by atoms with E-state index in [1.54, 1.807) is 18.2 Å². The van der Waals surface area contributed by atoms with Gasteiger partial charge in [-0.2, -0.15) is 0 Å². The Morgan fingerprint density at radius 1 is 1.14 bits per heavy atom. The third kappa shape index (κ3) is 2.81. The first-order valence-corrected chi connectivity index (χ1v) is 7.08. The lowest BCUT2D eigenvalue weighted by Gasteiger charge is -2.16. The zero-order valence-electron chi connectivity index (χ0n) is 11.6. The lowest BCUT2D eigenvalue weighted by Crippen LogP contribution is -2.14. The second-order valence-electron chi connectivity index (χ2n) is 5.32. The Kier molecular flexibility index (Phi) is 3.71. The minimum absolute atomic E-state index is 0.0416. The van der Waals surface area contributed by atoms with Gasteiger partial charge in [-0.1, -0.05) is 30.3 Å². The molecule has 1 atom stereocenters. The van der Waals surface area contributed by atoms with Crippen LogP contribution >= 0.6 is 0 Å². The van der Waals surface area contributed by atoms with Gasteiger partial charge in [0.05, 0.1) is 6.04 Å². The maximum absolute atomic E-state index is 13.8. The summed E-state index contributed by atoms with van der Waals surface area (Å²) in [4.78, 5) is 11.5. The number of hydrogen-bond acceptors (Lipinski definition) is 2. The number of fused-ring (bicyclic) bond motifs is 1. The first-order valence-electron chi connectivity index (χ1n) is 7.08. The highest BCUT2D eigenvalue weighted by Crippen LogP contribution is 2.28. The summed E-state index contributed by atoms with van der Waals surface area (Å²) in [5.74, 6) is -0.256. The summed E-state index contributed by atoms with van der Waals surface area (Å²) in [5, 5.41) is 2.89. The van der Waals surface area contributed by atoms with Crippen molar-refractivity contribution in [2.75, 3.05) is 5.32 Å². The molecule has 1 unspecified atom stereocenters. The van der Waals surface area contributed by atoms with Crippen molar-refractivity contribution in [2.45, 2.75) is 25.3 Å². The summed E-state index contributed by atoms with van der Waals surface area (Å²) < 4.78 is 13.8. The Hall–Kier alpha value is -2.20. The van der Waals surface area contributed by atoms with Gasteiger partial charge in [0.25, 0.3) is 0 Å². The van der Waals surface area contributed by atoms with E-state index in [1.165, 1.54) is 6.07 Å². The Morgan fingerprint density at radius 3 is 2.76 bits per heavy atom. The largest absolute Gasteiger partial charge is 0.326 e. The highest BCUT2D eigenvalue weighted by molar-refractivity contribution is 5.92. The molecule has 3 nitrogen and oxygen atoms in total. The first-order chi connectivity index (χ1) is 10.1. The third-order valence-corrected chi connectivity index (χ3v) is 3.85. The van der Waals surface area contributed by atoms with Gasteiger partial charge in [-0.15, -0.1) is 0 Å². The predicted octanol–water partition coefficient (Wildman–Crippen LogP) is 3.15. The molecule has 21 heavy (non-hydrogen) atoms. The first kappa shape index (κ1) is 13.8. The van der Waals surface area contributed by atoms with E-state index in [0.29, 0.717) is 12.0 Å². The highest BCUT2D eigenvalue weighted by atomic mass is 19.1. The standard InChI is InChI=1S/C17H17FN2O/c18-14-6-2-1-5-13(14)17(19)12-8-9-15-11(10-12)4-3-7-16(21)20-15/h1-2,5-6,8-10,17H,3-4,7,19H2,(H,20,21). The Morgan fingerprint density at radius 2 is 1.95 bits per heavy atom. The van der Waals surface area contributed by atoms with Crippen molar-refractivity contribution in [1.82, 2.24) is 0 Å². The second kappa shape index (κ2) is 5.66. The van der Waals surface area contributed by atoms with Gasteiger partial charge in [-0.25, -0.2) is 4.39 Å². The fourth-order valence-electron chi connectivity index (χ4n) is 2.69. The van der Waals surface area contributed by atoms with Crippen LogP contribution in [0.3, 0.4) is 0 Å². The molecule has 0 saturated heterocycles. The summed E-state index contributed by atoms with van der Waals surface area (Å²) in [6.45, 7) is 0. The predicted molar refractivity (Wildman–Crippen MR) is 80.4 cm³/mol. The van der Waals surface area contributed by atoms with E-state index in [9.17, 15) is 9.18 Å². The number of aryl methyl sites for hydroxylation is 1. The summed E-state index contributed by atoms with van der Waals surface area (Å²) >= 11 is 0. The van der Waals surface area contributed by atoms with Gasteiger partial charge in [-0.05, 0) is 36.1 Å². The lowest BCUT2D eigenvalue weighted by atomic mass is 9.95. The SMILES string of the molecule is NC(c1ccc2c(c1)CCCC(=O)N2)c1ccccc1F. The van der Waals surface area contributed by atoms with Crippen molar-refractivity contribution >= 4 is 11.6 Å². The molecule has 3 N–H and O–H groups in total. The maximum atomic E-state index is 13.8. The number of rotatable bonds is 2. The second-order valence-corrected chi connectivity index (χ2v) is 5.32. The number of nitrogens with one attached hydrogen (secondary N) is 1. The number of benzene rings is 2. The normalized spacial score (nSPS) is 15.8. The van der Waals surface area contributed by atoms with Crippen LogP contribution in [0.15, 0.2) is 42.5 Å². The zero-order chi connectivity index (χ0) is 14.8. The van der Waals surface area contributed by atoms with Crippen LogP contribution in [0.2, 0.25) is 0 Å². The monoisotopic (exact) mass is 284 g/mol. The molecule has 2 aromatic rings. The van der Waals surface area contributed by atoms with Gasteiger partial charge in [0.1, 0.15) is 5.82 Å². The maximum Gasteiger partial charge on any atom is 0.224 e. The molecule has 3 rings (SSSR count). The van der Waals surface area contributed by atoms with Crippen LogP contribution in [0, 0.1) is 5.82 Å². The van der Waals surface area contributed by atoms with Crippen LogP contribution < -0.4 is 11.1 Å². The van der Waals surface area contributed by atoms with Crippen molar-refractivity contribution in [3.8, 4) is 0 Å². The molecule has 108 valence electrons. The van der Waals surface area contributed by atoms with E-state index in [1.807, 2.05) is 18.2 Å². The van der Waals surface area contributed by atoms with Crippen LogP contribution in [-0.2, 0) is 11.2 Å². The van der Waals surface area contributed by atoms with Gasteiger partial charge >= 0.3 is 0 Å². The van der Waals surface area contributed by atoms with Gasteiger partial charge in [0.15, 0.2) is 0 Å². The molecule has 0 bridgehead atoms. The molecular weight excluding hydrogens is 267 g/mol. The van der Waals surface area contributed by atoms with Crippen molar-refractivity contribution in [3.63, 3.8) is 0 Å². The molecule has 0 saturated carbocycles. The smallest absolute Gasteiger partial charge is 0.224 e. The molecule has 1 aliphatic heterocycles. The minimum Gasteiger partial charge on any atom is -0.326 e. The minimum atomic E-state index is -0.504. The molecular formula is C17H17FN2O. The van der Waals surface area contributed by atoms with E-state index < -0.39 is 6.04 Å². The van der Waals surface area contributed by atoms with E-state index >= 15 is 0 Å². The molecule has 2 aromatic carbocycles. The van der Waals surface area contributed by atoms with E-state index in [0.717, 1.165) is 29.7 Å². The van der Waals surface area contributed by atoms with Gasteiger partial charge < -0.3 is 11.1 Å². The zero-order valence-corrected chi connectivity index (χ0v) is 11.6. The Balaban J connectivity index is 1.95. The Labute approximate surface area is 123 Å². The quantitative estimate of drug-likeness (QED) is 0.890. The number of carbonyl (C=O) groups excluding carboxylic acids is 1. The number of hydrogen-bond donors (Lipinski definition) is 2. The molecule has 4 heteroatoms. The highest BCUT2D eigenvalue weighted by Gasteiger charge is 2.17. The van der Waals surface area contributed by atoms with Gasteiger partial charge in [0.2, 0.25) is 5.91 Å². The summed E-state index contributed by atoms with van der Waals surface area (Å²) in [7, 11) is 0. The van der Waals surface area contributed by atoms with Crippen molar-refractivity contribution in [2.24, 2.45) is 5.73 Å². The van der Waals surface area contributed by atoms with Crippen LogP contribution in [0.1, 0.15) is 35.6 Å². The van der Waals surface area contributed by atoms with E-state index in [2.05, 4.69) is 5.32 Å². The third-order valence-electron chi connectivity index (χ3n) is 3.85. The molecule has 0 fully saturated rings. The summed E-state index contributed by atoms with van der Waals surface area (Å²) in [5.41, 5.74) is 9.42. The Bertz CT molecular complexity index is 684. The number of halogens is 1. The molecule has 1 heterocycles. The fourth-order valence-corrected chi connectivity index (χ4v) is 2.69. The van der Waals surface area contributed by atoms with Gasteiger partial charge in [-0.3, -0.25) is 4.79 Å². The van der Waals surface area contributed by atoms with E-state index in [4.69, 9.17) is 5.73 Å². The number of nitrogens with two attached hydrogens (primary N) is 1. The fraction of sp³-hybridized carbons (Fsp3) is 0.235. The average Bonchev–Trinajstić information content (AvgIpc) is 2.67. The van der Waals surface area contributed by atoms with Gasteiger partial charge in [0, 0.05) is 17.7 Å². The van der Waals surface area contributed by atoms with Crippen LogP contribution in [0.4, 0.5) is 10.1 Å². The number of carbonyl (C=O) groups is 1. The molecule has 0 aliphatic carbocycles. The average molecular weight is 284 g/mol. The topological polar surface area (TPSA) is 55.1 Å². The van der Waals surface area contributed by atoms with Crippen LogP contribution in [-0.4, -0.2) is 5.91 Å². The van der Waals surface area contributed by atoms with Crippen molar-refractivity contribution in [3.05, 3.63) is 65.0 Å². The van der Waals surface area contributed by atoms with Crippen molar-refractivity contribution in [1.29, 1.82) is 0 Å². The molecule has 0 radical (unpaired) electrons. The number of amides is 1. The summed E-state index contributed by atoms with van der Waals surface area (Å²) in [6, 6.07) is 11.7. The van der Waals surface area contributed by atoms with Crippen molar-refractivity contribution < 1.29 is 9.18 Å². The molecule has 1 aliphatic rings. The van der Waals surface area contributed by atoms with E-state index in [-0.39, 0.29) is 11.7 Å². The molecule has 1 amide bonds. The van der Waals surface area contributed by atoms with Crippen LogP contribution in [0.25, 0.3) is 0 Å². The lowest BCUT2D eigenvalue weighted by molar-refractivity contribution is -0.116.